The minimum Gasteiger partial charge on any atom is -0.508 e. The number of allylic oxidation sites excluding steroid dienone is 2. The predicted molar refractivity (Wildman–Crippen MR) is 176 cm³/mol. The van der Waals surface area contributed by atoms with Crippen molar-refractivity contribution in [1.29, 1.82) is 0 Å². The van der Waals surface area contributed by atoms with Gasteiger partial charge in [0.25, 0.3) is 11.8 Å². The quantitative estimate of drug-likeness (QED) is 0.230. The van der Waals surface area contributed by atoms with E-state index in [4.69, 9.17) is 27.9 Å². The number of amides is 4. The van der Waals surface area contributed by atoms with Crippen LogP contribution in [0.1, 0.15) is 43.2 Å². The van der Waals surface area contributed by atoms with Gasteiger partial charge < -0.3 is 9.84 Å². The number of imide groups is 2. The Balaban J connectivity index is 1.46. The average molecular weight is 675 g/mol. The fraction of sp³-hybridized carbons (Fsp3) is 0.333. The van der Waals surface area contributed by atoms with Crippen LogP contribution in [0.2, 0.25) is 10.0 Å². The monoisotopic (exact) mass is 673 g/mol. The first-order valence-electron chi connectivity index (χ1n) is 15.7. The number of nitrogens with zero attached hydrogens (tertiary/aromatic N) is 2. The summed E-state index contributed by atoms with van der Waals surface area (Å²) < 4.78 is 5.43. The Morgan fingerprint density at radius 1 is 0.957 bits per heavy atom. The molecule has 2 saturated heterocycles. The third kappa shape index (κ3) is 4.58. The van der Waals surface area contributed by atoms with Crippen molar-refractivity contribution in [2.45, 2.75) is 37.5 Å². The van der Waals surface area contributed by atoms with Crippen LogP contribution < -0.4 is 10.2 Å². The minimum atomic E-state index is -1.53. The van der Waals surface area contributed by atoms with E-state index in [0.717, 1.165) is 10.6 Å². The Kier molecular flexibility index (Phi) is 7.80. The van der Waals surface area contributed by atoms with Crippen molar-refractivity contribution in [3.63, 3.8) is 0 Å². The minimum absolute atomic E-state index is 0.0401. The van der Waals surface area contributed by atoms with E-state index in [1.807, 2.05) is 13.0 Å². The number of anilines is 1. The lowest BCUT2D eigenvalue weighted by molar-refractivity contribution is -0.141. The van der Waals surface area contributed by atoms with Crippen LogP contribution in [0.4, 0.5) is 5.69 Å². The highest BCUT2D eigenvalue weighted by Gasteiger charge is 2.70. The molecule has 9 nitrogen and oxygen atoms in total. The van der Waals surface area contributed by atoms with Gasteiger partial charge in [0.05, 0.1) is 41.0 Å². The molecule has 6 atom stereocenters. The van der Waals surface area contributed by atoms with Crippen molar-refractivity contribution in [2.75, 3.05) is 19.1 Å². The lowest BCUT2D eigenvalue weighted by atomic mass is 9.49. The van der Waals surface area contributed by atoms with Crippen molar-refractivity contribution in [1.82, 2.24) is 9.91 Å². The summed E-state index contributed by atoms with van der Waals surface area (Å²) >= 11 is 12.6. The molecule has 3 aromatic rings. The second kappa shape index (κ2) is 11.7. The van der Waals surface area contributed by atoms with Crippen molar-refractivity contribution in [3.8, 4) is 11.5 Å². The maximum absolute atomic E-state index is 15.2. The number of methoxy groups -OCH3 is 1. The number of ether oxygens (including phenoxy) is 1. The number of phenolic OH excluding ortho intramolecular Hbond substituents is 1. The van der Waals surface area contributed by atoms with Gasteiger partial charge in [0.2, 0.25) is 11.8 Å². The molecule has 1 saturated carbocycles. The lowest BCUT2D eigenvalue weighted by Crippen LogP contribution is -2.53. The fourth-order valence-electron chi connectivity index (χ4n) is 8.43. The Morgan fingerprint density at radius 2 is 1.70 bits per heavy atom. The van der Waals surface area contributed by atoms with Gasteiger partial charge in [-0.3, -0.25) is 29.5 Å². The van der Waals surface area contributed by atoms with Crippen molar-refractivity contribution >= 4 is 52.5 Å². The molecule has 3 fully saturated rings. The summed E-state index contributed by atoms with van der Waals surface area (Å²) in [7, 11) is 1.54. The van der Waals surface area contributed by atoms with Gasteiger partial charge in [-0.05, 0) is 67.1 Å². The number of aromatic hydroxyl groups is 1. The molecule has 0 aromatic heterocycles. The molecule has 2 aliphatic carbocycles. The van der Waals surface area contributed by atoms with Gasteiger partial charge in [-0.1, -0.05) is 72.1 Å². The van der Waals surface area contributed by atoms with E-state index in [0.29, 0.717) is 47.0 Å². The molecule has 3 aromatic carbocycles. The van der Waals surface area contributed by atoms with Crippen LogP contribution in [0.3, 0.4) is 0 Å². The van der Waals surface area contributed by atoms with Gasteiger partial charge in [0, 0.05) is 23.0 Å². The summed E-state index contributed by atoms with van der Waals surface area (Å²) in [6, 6.07) is 18.5. The number of hydrazine groups is 1. The number of rotatable bonds is 7. The zero-order valence-corrected chi connectivity index (χ0v) is 27.3. The molecule has 2 aliphatic heterocycles. The Labute approximate surface area is 282 Å². The summed E-state index contributed by atoms with van der Waals surface area (Å²) in [6.45, 7) is 2.24. The molecular formula is C36H33Cl2N3O6. The number of halogens is 2. The highest BCUT2D eigenvalue weighted by atomic mass is 35.5. The van der Waals surface area contributed by atoms with Crippen LogP contribution in [0.5, 0.6) is 11.5 Å². The fourth-order valence-corrected chi connectivity index (χ4v) is 8.88. The van der Waals surface area contributed by atoms with E-state index >= 15 is 4.79 Å². The summed E-state index contributed by atoms with van der Waals surface area (Å²) in [5, 5.41) is 13.0. The largest absolute Gasteiger partial charge is 0.508 e. The average Bonchev–Trinajstić information content (AvgIpc) is 3.43. The second-order valence-corrected chi connectivity index (χ2v) is 13.4. The summed E-state index contributed by atoms with van der Waals surface area (Å²) in [4.78, 5) is 58.6. The number of hydrogen-bond acceptors (Lipinski definition) is 7. The molecule has 11 heteroatoms. The summed E-state index contributed by atoms with van der Waals surface area (Å²) in [6.07, 6.45) is 3.07. The van der Waals surface area contributed by atoms with E-state index in [2.05, 4.69) is 5.43 Å². The standard InChI is InChI=1S/C36H33Cl2N3O6/c1-3-16-40-32(43)24-14-13-22-25(30(24)34(40)45)18-26-33(44)41(39-28-15-10-20(37)17-27(28)38)35(46)36(26,19-8-11-21(47-2)12-9-19)31(22)23-6-4-5-7-29(23)42/h4-13,15,17,24-26,30-31,39,42H,3,14,16,18H2,1-2H3/t24-,25+,26-,30-,31+,36+/m0/s1. The Hall–Kier alpha value is -4.34. The van der Waals surface area contributed by atoms with E-state index in [-0.39, 0.29) is 29.0 Å². The summed E-state index contributed by atoms with van der Waals surface area (Å²) in [5.41, 5.74) is 3.54. The van der Waals surface area contributed by atoms with Crippen LogP contribution in [-0.4, -0.2) is 52.3 Å². The van der Waals surface area contributed by atoms with Crippen LogP contribution >= 0.6 is 23.2 Å². The molecule has 242 valence electrons. The van der Waals surface area contributed by atoms with Crippen LogP contribution in [0.25, 0.3) is 0 Å². The zero-order chi connectivity index (χ0) is 33.2. The molecule has 0 spiro atoms. The maximum atomic E-state index is 15.2. The van der Waals surface area contributed by atoms with Crippen molar-refractivity contribution in [3.05, 3.63) is 99.6 Å². The SMILES string of the molecule is CCCN1C(=O)[C@H]2[C@H](CC=C3[C@H]2C[C@H]2C(=O)N(Nc4ccc(Cl)cc4Cl)C(=O)[C@@]2(c2ccc(OC)cc2)[C@H]3c2ccccc2O)C1=O. The van der Waals surface area contributed by atoms with Crippen molar-refractivity contribution < 1.29 is 29.0 Å². The molecule has 47 heavy (non-hydrogen) atoms. The molecule has 2 N–H and O–H groups in total. The Morgan fingerprint density at radius 3 is 2.38 bits per heavy atom. The Bertz CT molecular complexity index is 1840. The first-order valence-corrected chi connectivity index (χ1v) is 16.5. The number of hydrogen-bond donors (Lipinski definition) is 2. The van der Waals surface area contributed by atoms with Crippen LogP contribution in [0.15, 0.2) is 78.4 Å². The third-order valence-corrected chi connectivity index (χ3v) is 10.9. The third-order valence-electron chi connectivity index (χ3n) is 10.4. The smallest absolute Gasteiger partial charge is 0.260 e. The lowest BCUT2D eigenvalue weighted by Gasteiger charge is -2.50. The van der Waals surface area contributed by atoms with Gasteiger partial charge in [0.15, 0.2) is 0 Å². The van der Waals surface area contributed by atoms with Gasteiger partial charge >= 0.3 is 0 Å². The van der Waals surface area contributed by atoms with E-state index in [9.17, 15) is 19.5 Å². The molecule has 0 radical (unpaired) electrons. The normalized spacial score (nSPS) is 28.2. The van der Waals surface area contributed by atoms with E-state index in [1.165, 1.54) is 11.0 Å². The molecular weight excluding hydrogens is 641 g/mol. The van der Waals surface area contributed by atoms with E-state index < -0.39 is 46.8 Å². The molecule has 7 rings (SSSR count). The number of fused-ring (bicyclic) bond motifs is 4. The number of nitrogens with one attached hydrogen (secondary N) is 1. The molecule has 2 heterocycles. The van der Waals surface area contributed by atoms with Crippen LogP contribution in [0, 0.1) is 23.7 Å². The molecule has 0 bridgehead atoms. The number of likely N-dealkylation sites (tertiary alicyclic amines) is 1. The van der Waals surface area contributed by atoms with Gasteiger partial charge in [-0.25, -0.2) is 0 Å². The zero-order valence-electron chi connectivity index (χ0n) is 25.8. The molecule has 4 aliphatic rings. The number of para-hydroxylation sites is 1. The first-order chi connectivity index (χ1) is 22.6. The topological polar surface area (TPSA) is 116 Å². The number of benzene rings is 3. The van der Waals surface area contributed by atoms with E-state index in [1.54, 1.807) is 67.8 Å². The molecule has 0 unspecified atom stereocenters. The maximum Gasteiger partial charge on any atom is 0.260 e. The summed E-state index contributed by atoms with van der Waals surface area (Å²) in [5.74, 6) is -4.47. The van der Waals surface area contributed by atoms with Crippen molar-refractivity contribution in [2.24, 2.45) is 23.7 Å². The van der Waals surface area contributed by atoms with Crippen LogP contribution in [-0.2, 0) is 24.6 Å². The first kappa shape index (κ1) is 31.3. The predicted octanol–water partition coefficient (Wildman–Crippen LogP) is 6.10. The molecule has 4 amide bonds. The highest BCUT2D eigenvalue weighted by molar-refractivity contribution is 6.36. The van der Waals surface area contributed by atoms with Gasteiger partial charge in [0.1, 0.15) is 11.5 Å². The number of carbonyl (C=O) groups excluding carboxylic acids is 4. The number of phenols is 1. The van der Waals surface area contributed by atoms with Gasteiger partial charge in [-0.2, -0.15) is 5.01 Å². The second-order valence-electron chi connectivity index (χ2n) is 12.6. The highest BCUT2D eigenvalue weighted by Crippen LogP contribution is 2.65. The number of carbonyl (C=O) groups is 4. The van der Waals surface area contributed by atoms with Gasteiger partial charge in [-0.15, -0.1) is 0 Å².